The molecule has 5 rings (SSSR count). The van der Waals surface area contributed by atoms with Gasteiger partial charge in [0.2, 0.25) is 0 Å². The van der Waals surface area contributed by atoms with Crippen molar-refractivity contribution in [1.82, 2.24) is 0 Å². The molecule has 0 atom stereocenters. The van der Waals surface area contributed by atoms with Crippen LogP contribution in [0.15, 0.2) is 157 Å². The average molecular weight is 629 g/mol. The zero-order valence-electron chi connectivity index (χ0n) is 27.4. The average Bonchev–Trinajstić information content (AvgIpc) is 3.12. The number of ether oxygens (including phenoxy) is 1. The van der Waals surface area contributed by atoms with Crippen molar-refractivity contribution in [2.45, 2.75) is 47.0 Å². The van der Waals surface area contributed by atoms with Crippen LogP contribution in [0.3, 0.4) is 0 Å². The summed E-state index contributed by atoms with van der Waals surface area (Å²) in [6.07, 6.45) is 4.90. The Balaban J connectivity index is 0.00000226. The molecule has 0 bridgehead atoms. The van der Waals surface area contributed by atoms with Gasteiger partial charge in [-0.25, -0.2) is 0 Å². The molecular formula is C42H46OP2. The standard InChI is InChI=1S/C40H40OP2.C2H6/c1-5-32-29-38(41-4)33(30-40(32)43(36-23-15-9-16-24-36)37-25-17-10-18-26-37)28-27-31(3)39(6-2)42(34-19-11-7-12-20-34)35-21-13-8-14-22-35;1-2/h6-26,29-30H,2,5,27-28H2,1,3-4H3;1-2H3/b39-31-;. The highest BCUT2D eigenvalue weighted by Crippen LogP contribution is 2.46. The Morgan fingerprint density at radius 2 is 1.11 bits per heavy atom. The molecule has 0 saturated heterocycles. The lowest BCUT2D eigenvalue weighted by Crippen LogP contribution is -2.24. The summed E-state index contributed by atoms with van der Waals surface area (Å²) in [7, 11) is 0.406. The minimum absolute atomic E-state index is 0.697. The van der Waals surface area contributed by atoms with Crippen molar-refractivity contribution in [3.63, 3.8) is 0 Å². The van der Waals surface area contributed by atoms with Gasteiger partial charge in [0.25, 0.3) is 0 Å². The monoisotopic (exact) mass is 628 g/mol. The topological polar surface area (TPSA) is 9.23 Å². The molecular weight excluding hydrogens is 582 g/mol. The summed E-state index contributed by atoms with van der Waals surface area (Å²) in [5.41, 5.74) is 4.00. The molecule has 0 saturated carbocycles. The summed E-state index contributed by atoms with van der Waals surface area (Å²) < 4.78 is 6.01. The number of hydrogen-bond donors (Lipinski definition) is 0. The molecule has 5 aromatic rings. The molecule has 0 spiro atoms. The largest absolute Gasteiger partial charge is 0.496 e. The lowest BCUT2D eigenvalue weighted by Gasteiger charge is -2.25. The fourth-order valence-corrected chi connectivity index (χ4v) is 10.7. The number of methoxy groups -OCH3 is 1. The van der Waals surface area contributed by atoms with Crippen LogP contribution >= 0.6 is 15.8 Å². The molecule has 0 aliphatic rings. The Morgan fingerprint density at radius 3 is 1.51 bits per heavy atom. The highest BCUT2D eigenvalue weighted by molar-refractivity contribution is 7.80. The van der Waals surface area contributed by atoms with Crippen molar-refractivity contribution < 1.29 is 4.74 Å². The second kappa shape index (κ2) is 17.7. The van der Waals surface area contributed by atoms with Gasteiger partial charge in [-0.3, -0.25) is 0 Å². The fourth-order valence-electron chi connectivity index (χ4n) is 5.60. The Bertz CT molecular complexity index is 1570. The molecule has 0 amide bonds. The quantitative estimate of drug-likeness (QED) is 0.0988. The van der Waals surface area contributed by atoms with Crippen molar-refractivity contribution in [3.8, 4) is 5.75 Å². The Kier molecular flexibility index (Phi) is 13.4. The minimum atomic E-state index is -0.699. The zero-order valence-corrected chi connectivity index (χ0v) is 29.2. The second-order valence-corrected chi connectivity index (χ2v) is 14.9. The SMILES string of the molecule is C=C/C(=C(\C)CCc1cc(P(c2ccccc2)c2ccccc2)c(CC)cc1OC)P(c1ccccc1)c1ccccc1.CC. The van der Waals surface area contributed by atoms with Gasteiger partial charge >= 0.3 is 0 Å². The van der Waals surface area contributed by atoms with E-state index in [0.717, 1.165) is 25.0 Å². The molecule has 0 unspecified atom stereocenters. The summed E-state index contributed by atoms with van der Waals surface area (Å²) in [5.74, 6) is 0.984. The van der Waals surface area contributed by atoms with E-state index in [1.54, 1.807) is 7.11 Å². The Morgan fingerprint density at radius 1 is 0.667 bits per heavy atom. The Hall–Kier alpha value is -3.76. The smallest absolute Gasteiger partial charge is 0.122 e. The van der Waals surface area contributed by atoms with E-state index < -0.39 is 15.8 Å². The second-order valence-electron chi connectivity index (χ2n) is 10.5. The maximum absolute atomic E-state index is 6.01. The van der Waals surface area contributed by atoms with Crippen LogP contribution in [0.2, 0.25) is 0 Å². The van der Waals surface area contributed by atoms with Crippen LogP contribution in [0.4, 0.5) is 0 Å². The minimum Gasteiger partial charge on any atom is -0.496 e. The summed E-state index contributed by atoms with van der Waals surface area (Å²) in [6.45, 7) is 12.8. The predicted molar refractivity (Wildman–Crippen MR) is 203 cm³/mol. The third-order valence-corrected chi connectivity index (χ3v) is 13.0. The summed E-state index contributed by atoms with van der Waals surface area (Å²) >= 11 is 0. The van der Waals surface area contributed by atoms with Crippen LogP contribution in [0.1, 0.15) is 45.2 Å². The number of benzene rings is 5. The molecule has 0 aromatic heterocycles. The van der Waals surface area contributed by atoms with Crippen molar-refractivity contribution in [1.29, 1.82) is 0 Å². The van der Waals surface area contributed by atoms with Crippen LogP contribution in [0.5, 0.6) is 5.75 Å². The first-order chi connectivity index (χ1) is 22.1. The van der Waals surface area contributed by atoms with Crippen LogP contribution < -0.4 is 31.3 Å². The maximum atomic E-state index is 6.01. The number of allylic oxidation sites excluding steroid dienone is 3. The van der Waals surface area contributed by atoms with Crippen LogP contribution in [0.25, 0.3) is 0 Å². The molecule has 230 valence electrons. The van der Waals surface area contributed by atoms with E-state index in [1.165, 1.54) is 48.5 Å². The first-order valence-electron chi connectivity index (χ1n) is 16.0. The van der Waals surface area contributed by atoms with Crippen LogP contribution in [0, 0.1) is 0 Å². The predicted octanol–water partition coefficient (Wildman–Crippen LogP) is 9.57. The number of rotatable bonds is 12. The van der Waals surface area contributed by atoms with Gasteiger partial charge < -0.3 is 4.74 Å². The van der Waals surface area contributed by atoms with E-state index in [2.05, 4.69) is 160 Å². The Labute approximate surface area is 274 Å². The van der Waals surface area contributed by atoms with E-state index in [0.29, 0.717) is 0 Å². The van der Waals surface area contributed by atoms with Crippen LogP contribution in [-0.4, -0.2) is 7.11 Å². The van der Waals surface area contributed by atoms with Crippen LogP contribution in [-0.2, 0) is 12.8 Å². The molecule has 1 nitrogen and oxygen atoms in total. The molecule has 0 radical (unpaired) electrons. The third kappa shape index (κ3) is 8.49. The summed E-state index contributed by atoms with van der Waals surface area (Å²) in [4.78, 5) is 0. The fraction of sp³-hybridized carbons (Fsp3) is 0.190. The van der Waals surface area contributed by atoms with Gasteiger partial charge in [0.15, 0.2) is 0 Å². The molecule has 0 fully saturated rings. The van der Waals surface area contributed by atoms with Crippen molar-refractivity contribution >= 4 is 42.4 Å². The zero-order chi connectivity index (χ0) is 32.0. The molecule has 0 aliphatic heterocycles. The van der Waals surface area contributed by atoms with Gasteiger partial charge in [-0.05, 0) is 97.1 Å². The first kappa shape index (κ1) is 34.1. The van der Waals surface area contributed by atoms with Crippen molar-refractivity contribution in [2.24, 2.45) is 0 Å². The van der Waals surface area contributed by atoms with Gasteiger partial charge in [-0.1, -0.05) is 160 Å². The molecule has 0 aliphatic carbocycles. The molecule has 0 heterocycles. The summed E-state index contributed by atoms with van der Waals surface area (Å²) in [5, 5.41) is 8.20. The van der Waals surface area contributed by atoms with E-state index in [-0.39, 0.29) is 0 Å². The van der Waals surface area contributed by atoms with E-state index >= 15 is 0 Å². The lowest BCUT2D eigenvalue weighted by atomic mass is 10.0. The molecule has 0 N–H and O–H groups in total. The van der Waals surface area contributed by atoms with Gasteiger partial charge in [0, 0.05) is 0 Å². The maximum Gasteiger partial charge on any atom is 0.122 e. The van der Waals surface area contributed by atoms with E-state index in [4.69, 9.17) is 4.74 Å². The van der Waals surface area contributed by atoms with Gasteiger partial charge in [-0.15, -0.1) is 0 Å². The van der Waals surface area contributed by atoms with Gasteiger partial charge in [0.05, 0.1) is 7.11 Å². The number of aryl methyl sites for hydroxylation is 2. The van der Waals surface area contributed by atoms with Gasteiger partial charge in [0.1, 0.15) is 5.75 Å². The highest BCUT2D eigenvalue weighted by Gasteiger charge is 2.22. The van der Waals surface area contributed by atoms with E-state index in [1.807, 2.05) is 13.8 Å². The third-order valence-electron chi connectivity index (χ3n) is 7.80. The molecule has 45 heavy (non-hydrogen) atoms. The number of hydrogen-bond acceptors (Lipinski definition) is 1. The summed E-state index contributed by atoms with van der Waals surface area (Å²) in [6, 6.07) is 48.5. The van der Waals surface area contributed by atoms with Crippen molar-refractivity contribution in [2.75, 3.05) is 7.11 Å². The lowest BCUT2D eigenvalue weighted by molar-refractivity contribution is 0.409. The van der Waals surface area contributed by atoms with Gasteiger partial charge in [-0.2, -0.15) is 0 Å². The normalized spacial score (nSPS) is 11.4. The first-order valence-corrected chi connectivity index (χ1v) is 18.6. The van der Waals surface area contributed by atoms with E-state index in [9.17, 15) is 0 Å². The molecule has 3 heteroatoms. The highest BCUT2D eigenvalue weighted by atomic mass is 31.1. The van der Waals surface area contributed by atoms with Crippen molar-refractivity contribution in [3.05, 3.63) is 168 Å². The molecule has 5 aromatic carbocycles.